The lowest BCUT2D eigenvalue weighted by atomic mass is 10.1. The van der Waals surface area contributed by atoms with Crippen molar-refractivity contribution in [2.24, 2.45) is 7.05 Å². The van der Waals surface area contributed by atoms with Crippen LogP contribution in [0.1, 0.15) is 28.6 Å². The SMILES string of the molecule is Cl.Cn1ccnc1C1CNCCN1C(=O)c1ccc2c(c1)NC(=O)CCS2. The van der Waals surface area contributed by atoms with Crippen LogP contribution < -0.4 is 10.6 Å². The van der Waals surface area contributed by atoms with Crippen LogP contribution in [0.5, 0.6) is 0 Å². The largest absolute Gasteiger partial charge is 0.336 e. The van der Waals surface area contributed by atoms with Crippen LogP contribution in [0.4, 0.5) is 5.69 Å². The summed E-state index contributed by atoms with van der Waals surface area (Å²) in [5, 5.41) is 6.25. The molecule has 3 heterocycles. The zero-order chi connectivity index (χ0) is 18.1. The monoisotopic (exact) mass is 407 g/mol. The van der Waals surface area contributed by atoms with Crippen molar-refractivity contribution in [2.45, 2.75) is 17.4 Å². The maximum Gasteiger partial charge on any atom is 0.254 e. The van der Waals surface area contributed by atoms with Gasteiger partial charge in [0.25, 0.3) is 5.91 Å². The number of imidazole rings is 1. The van der Waals surface area contributed by atoms with Crippen molar-refractivity contribution in [3.05, 3.63) is 42.0 Å². The van der Waals surface area contributed by atoms with Gasteiger partial charge < -0.3 is 20.1 Å². The van der Waals surface area contributed by atoms with Gasteiger partial charge in [-0.25, -0.2) is 4.98 Å². The van der Waals surface area contributed by atoms with Gasteiger partial charge >= 0.3 is 0 Å². The van der Waals surface area contributed by atoms with Crippen LogP contribution in [0.3, 0.4) is 0 Å². The molecule has 9 heteroatoms. The Morgan fingerprint density at radius 3 is 3.00 bits per heavy atom. The predicted molar refractivity (Wildman–Crippen MR) is 108 cm³/mol. The summed E-state index contributed by atoms with van der Waals surface area (Å²) in [4.78, 5) is 32.3. The van der Waals surface area contributed by atoms with Crippen LogP contribution in [0, 0.1) is 0 Å². The summed E-state index contributed by atoms with van der Waals surface area (Å²) in [6.07, 6.45) is 4.13. The number of rotatable bonds is 2. The first-order chi connectivity index (χ1) is 12.6. The Balaban J connectivity index is 0.00000210. The molecule has 0 spiro atoms. The molecular formula is C18H22ClN5O2S. The molecule has 1 saturated heterocycles. The molecule has 1 aromatic carbocycles. The number of halogens is 1. The quantitative estimate of drug-likeness (QED) is 0.796. The first-order valence-electron chi connectivity index (χ1n) is 8.69. The number of thioether (sulfide) groups is 1. The second-order valence-corrected chi connectivity index (χ2v) is 7.61. The Kier molecular flexibility index (Phi) is 6.08. The third kappa shape index (κ3) is 3.97. The van der Waals surface area contributed by atoms with E-state index in [4.69, 9.17) is 0 Å². The lowest BCUT2D eigenvalue weighted by Gasteiger charge is -2.36. The Bertz CT molecular complexity index is 856. The molecule has 2 aromatic rings. The Labute approximate surface area is 168 Å². The number of amides is 2. The fraction of sp³-hybridized carbons (Fsp3) is 0.389. The second kappa shape index (κ2) is 8.33. The third-order valence-electron chi connectivity index (χ3n) is 4.75. The van der Waals surface area contributed by atoms with Crippen LogP contribution in [0.2, 0.25) is 0 Å². The van der Waals surface area contributed by atoms with Crippen molar-refractivity contribution in [2.75, 3.05) is 30.7 Å². The number of fused-ring (bicyclic) bond motifs is 1. The smallest absolute Gasteiger partial charge is 0.254 e. The number of anilines is 1. The number of aryl methyl sites for hydroxylation is 1. The summed E-state index contributed by atoms with van der Waals surface area (Å²) < 4.78 is 1.95. The van der Waals surface area contributed by atoms with E-state index in [-0.39, 0.29) is 30.3 Å². The van der Waals surface area contributed by atoms with E-state index in [2.05, 4.69) is 15.6 Å². The van der Waals surface area contributed by atoms with Crippen LogP contribution >= 0.6 is 24.2 Å². The number of carbonyl (C=O) groups excluding carboxylic acids is 2. The van der Waals surface area contributed by atoms with Gasteiger partial charge in [0.1, 0.15) is 11.9 Å². The van der Waals surface area contributed by atoms with Gasteiger partial charge in [0, 0.05) is 61.7 Å². The van der Waals surface area contributed by atoms with Gasteiger partial charge in [0.15, 0.2) is 0 Å². The minimum Gasteiger partial charge on any atom is -0.336 e. The summed E-state index contributed by atoms with van der Waals surface area (Å²) >= 11 is 1.64. The van der Waals surface area contributed by atoms with Crippen molar-refractivity contribution in [1.29, 1.82) is 0 Å². The number of hydrogen-bond donors (Lipinski definition) is 2. The summed E-state index contributed by atoms with van der Waals surface area (Å²) in [5.41, 5.74) is 1.32. The maximum atomic E-state index is 13.2. The van der Waals surface area contributed by atoms with E-state index in [0.29, 0.717) is 25.1 Å². The summed E-state index contributed by atoms with van der Waals surface area (Å²) in [5.74, 6) is 1.58. The van der Waals surface area contributed by atoms with E-state index in [0.717, 1.165) is 28.7 Å². The number of nitrogens with zero attached hydrogens (tertiary/aromatic N) is 3. The van der Waals surface area contributed by atoms with Crippen LogP contribution in [-0.4, -0.2) is 51.7 Å². The molecule has 2 amide bonds. The summed E-state index contributed by atoms with van der Waals surface area (Å²) in [6.45, 7) is 2.05. The van der Waals surface area contributed by atoms with Crippen molar-refractivity contribution in [1.82, 2.24) is 19.8 Å². The van der Waals surface area contributed by atoms with E-state index >= 15 is 0 Å². The summed E-state index contributed by atoms with van der Waals surface area (Å²) in [7, 11) is 1.94. The molecule has 1 fully saturated rings. The Morgan fingerprint density at radius 2 is 2.22 bits per heavy atom. The molecule has 27 heavy (non-hydrogen) atoms. The molecule has 2 N–H and O–H groups in total. The van der Waals surface area contributed by atoms with Crippen LogP contribution in [0.25, 0.3) is 0 Å². The molecule has 144 valence electrons. The molecule has 2 aliphatic heterocycles. The first-order valence-corrected chi connectivity index (χ1v) is 9.67. The zero-order valence-electron chi connectivity index (χ0n) is 15.0. The Morgan fingerprint density at radius 1 is 1.37 bits per heavy atom. The molecule has 0 radical (unpaired) electrons. The number of aromatic nitrogens is 2. The molecule has 2 aliphatic rings. The van der Waals surface area contributed by atoms with Gasteiger partial charge in [-0.2, -0.15) is 0 Å². The van der Waals surface area contributed by atoms with Crippen molar-refractivity contribution in [3.63, 3.8) is 0 Å². The van der Waals surface area contributed by atoms with E-state index < -0.39 is 0 Å². The van der Waals surface area contributed by atoms with Crippen molar-refractivity contribution < 1.29 is 9.59 Å². The zero-order valence-corrected chi connectivity index (χ0v) is 16.6. The highest BCUT2D eigenvalue weighted by atomic mass is 35.5. The van der Waals surface area contributed by atoms with Gasteiger partial charge in [-0.3, -0.25) is 9.59 Å². The normalized spacial score (nSPS) is 19.5. The average molecular weight is 408 g/mol. The molecule has 0 saturated carbocycles. The van der Waals surface area contributed by atoms with Crippen LogP contribution in [-0.2, 0) is 11.8 Å². The molecule has 0 bridgehead atoms. The number of benzene rings is 1. The minimum atomic E-state index is -0.112. The van der Waals surface area contributed by atoms with Crippen LogP contribution in [0.15, 0.2) is 35.5 Å². The lowest BCUT2D eigenvalue weighted by molar-refractivity contribution is -0.115. The van der Waals surface area contributed by atoms with Crippen molar-refractivity contribution in [3.8, 4) is 0 Å². The topological polar surface area (TPSA) is 79.3 Å². The maximum absolute atomic E-state index is 13.2. The number of nitrogens with one attached hydrogen (secondary N) is 2. The standard InChI is InChI=1S/C18H21N5O2S.ClH/c1-22-7-6-20-17(22)14-11-19-5-8-23(14)18(25)12-2-3-15-13(10-12)21-16(24)4-9-26-15;/h2-3,6-7,10,14,19H,4-5,8-9,11H2,1H3,(H,21,24);1H. The number of hydrogen-bond acceptors (Lipinski definition) is 5. The molecule has 1 aromatic heterocycles. The van der Waals surface area contributed by atoms with E-state index in [9.17, 15) is 9.59 Å². The second-order valence-electron chi connectivity index (χ2n) is 6.47. The van der Waals surface area contributed by atoms with Gasteiger partial charge in [-0.1, -0.05) is 0 Å². The van der Waals surface area contributed by atoms with Gasteiger partial charge in [-0.05, 0) is 18.2 Å². The molecule has 0 aliphatic carbocycles. The predicted octanol–water partition coefficient (Wildman–Crippen LogP) is 2.06. The van der Waals surface area contributed by atoms with Gasteiger partial charge in [0.05, 0.1) is 5.69 Å². The highest BCUT2D eigenvalue weighted by molar-refractivity contribution is 7.99. The molecule has 7 nitrogen and oxygen atoms in total. The van der Waals surface area contributed by atoms with Gasteiger partial charge in [0.2, 0.25) is 5.91 Å². The highest BCUT2D eigenvalue weighted by Crippen LogP contribution is 2.32. The van der Waals surface area contributed by atoms with E-state index in [1.54, 1.807) is 24.0 Å². The number of carbonyl (C=O) groups is 2. The third-order valence-corrected chi connectivity index (χ3v) is 5.82. The van der Waals surface area contributed by atoms with Crippen molar-refractivity contribution >= 4 is 41.7 Å². The average Bonchev–Trinajstić information content (AvgIpc) is 2.98. The fourth-order valence-corrected chi connectivity index (χ4v) is 4.33. The molecule has 1 unspecified atom stereocenters. The molecule has 1 atom stereocenters. The van der Waals surface area contributed by atoms with E-state index in [1.165, 1.54) is 0 Å². The lowest BCUT2D eigenvalue weighted by Crippen LogP contribution is -2.49. The Hall–Kier alpha value is -2.03. The molecular weight excluding hydrogens is 386 g/mol. The minimum absolute atomic E-state index is 0. The highest BCUT2D eigenvalue weighted by Gasteiger charge is 2.31. The first kappa shape index (κ1) is 19.7. The number of piperazine rings is 1. The molecule has 4 rings (SSSR count). The fourth-order valence-electron chi connectivity index (χ4n) is 3.40. The van der Waals surface area contributed by atoms with E-state index in [1.807, 2.05) is 34.8 Å². The van der Waals surface area contributed by atoms with Gasteiger partial charge in [-0.15, -0.1) is 24.2 Å². The summed E-state index contributed by atoms with van der Waals surface area (Å²) in [6, 6.07) is 5.46.